The van der Waals surface area contributed by atoms with Gasteiger partial charge < -0.3 is 4.74 Å². The summed E-state index contributed by atoms with van der Waals surface area (Å²) < 4.78 is 34.0. The van der Waals surface area contributed by atoms with Crippen LogP contribution in [0.25, 0.3) is 0 Å². The first kappa shape index (κ1) is 24.6. The van der Waals surface area contributed by atoms with E-state index in [9.17, 15) is 13.2 Å². The van der Waals surface area contributed by atoms with Gasteiger partial charge in [0.05, 0.1) is 11.0 Å². The van der Waals surface area contributed by atoms with E-state index in [0.29, 0.717) is 17.0 Å². The van der Waals surface area contributed by atoms with Gasteiger partial charge in [-0.3, -0.25) is 4.79 Å². The fourth-order valence-corrected chi connectivity index (χ4v) is 5.62. The molecule has 178 valence electrons. The van der Waals surface area contributed by atoms with E-state index in [0.717, 1.165) is 37.0 Å². The van der Waals surface area contributed by atoms with Gasteiger partial charge in [0, 0.05) is 36.7 Å². The Kier molecular flexibility index (Phi) is 8.16. The number of hydrogen-bond acceptors (Lipinski definition) is 4. The zero-order chi connectivity index (χ0) is 24.0. The Morgan fingerprint density at radius 2 is 1.56 bits per heavy atom. The van der Waals surface area contributed by atoms with Crippen LogP contribution in [0.2, 0.25) is 5.02 Å². The lowest BCUT2D eigenvalue weighted by Gasteiger charge is -2.23. The monoisotopic (exact) mass is 497 g/mol. The molecule has 1 saturated heterocycles. The average molecular weight is 498 g/mol. The van der Waals surface area contributed by atoms with Crippen LogP contribution in [0.4, 0.5) is 0 Å². The van der Waals surface area contributed by atoms with Crippen LogP contribution in [0.1, 0.15) is 47.2 Å². The van der Waals surface area contributed by atoms with Crippen molar-refractivity contribution in [3.63, 3.8) is 0 Å². The molecule has 0 radical (unpaired) electrons. The molecule has 1 fully saturated rings. The summed E-state index contributed by atoms with van der Waals surface area (Å²) in [6.07, 6.45) is 3.46. The first-order valence-electron chi connectivity index (χ1n) is 11.5. The van der Waals surface area contributed by atoms with E-state index < -0.39 is 10.0 Å². The van der Waals surface area contributed by atoms with Gasteiger partial charge >= 0.3 is 0 Å². The van der Waals surface area contributed by atoms with Gasteiger partial charge in [0.2, 0.25) is 10.0 Å². The van der Waals surface area contributed by atoms with Crippen molar-refractivity contribution in [3.05, 3.63) is 101 Å². The van der Waals surface area contributed by atoms with E-state index in [1.165, 1.54) is 16.4 Å². The molecule has 1 atom stereocenters. The highest BCUT2D eigenvalue weighted by atomic mass is 35.5. The molecule has 3 aromatic carbocycles. The number of ether oxygens (including phenoxy) is 1. The average Bonchev–Trinajstić information content (AvgIpc) is 3.37. The standard InChI is InChI=1S/C27H28ClNO4S/c28-24-12-15-26(16-13-24)34(31,32)29(19-21-5-2-1-3-6-21)20-22-8-10-23(11-9-22)27(30)17-14-25-7-4-18-33-25/h1-3,5-6,8-13,15-16,25H,4,7,14,17-20H2/t25-/m0/s1. The zero-order valence-corrected chi connectivity index (χ0v) is 20.5. The first-order valence-corrected chi connectivity index (χ1v) is 13.3. The van der Waals surface area contributed by atoms with Crippen molar-refractivity contribution in [2.75, 3.05) is 6.61 Å². The summed E-state index contributed by atoms with van der Waals surface area (Å²) in [5, 5.41) is 0.480. The van der Waals surface area contributed by atoms with Crippen molar-refractivity contribution in [2.45, 2.75) is 49.8 Å². The molecule has 4 rings (SSSR count). The quantitative estimate of drug-likeness (QED) is 0.328. The third-order valence-corrected chi connectivity index (χ3v) is 8.06. The highest BCUT2D eigenvalue weighted by Gasteiger charge is 2.25. The van der Waals surface area contributed by atoms with Gasteiger partial charge in [-0.2, -0.15) is 4.31 Å². The smallest absolute Gasteiger partial charge is 0.243 e. The lowest BCUT2D eigenvalue weighted by molar-refractivity contribution is 0.0859. The van der Waals surface area contributed by atoms with Gasteiger partial charge in [0.1, 0.15) is 0 Å². The van der Waals surface area contributed by atoms with Crippen LogP contribution >= 0.6 is 11.6 Å². The summed E-state index contributed by atoms with van der Waals surface area (Å²) in [4.78, 5) is 12.8. The second-order valence-electron chi connectivity index (χ2n) is 8.51. The Morgan fingerprint density at radius 3 is 2.18 bits per heavy atom. The number of halogens is 1. The number of hydrogen-bond donors (Lipinski definition) is 0. The molecule has 0 amide bonds. The van der Waals surface area contributed by atoms with E-state index in [4.69, 9.17) is 16.3 Å². The molecule has 0 unspecified atom stereocenters. The molecule has 0 aromatic heterocycles. The minimum Gasteiger partial charge on any atom is -0.378 e. The summed E-state index contributed by atoms with van der Waals surface area (Å²) in [7, 11) is -3.76. The number of benzene rings is 3. The van der Waals surface area contributed by atoms with Gasteiger partial charge in [0.25, 0.3) is 0 Å². The maximum absolute atomic E-state index is 13.5. The van der Waals surface area contributed by atoms with E-state index in [1.807, 2.05) is 42.5 Å². The molecule has 0 spiro atoms. The van der Waals surface area contributed by atoms with Crippen LogP contribution in [-0.4, -0.2) is 31.2 Å². The van der Waals surface area contributed by atoms with Gasteiger partial charge in [-0.1, -0.05) is 66.2 Å². The number of carbonyl (C=O) groups is 1. The second kappa shape index (κ2) is 11.3. The molecular formula is C27H28ClNO4S. The maximum Gasteiger partial charge on any atom is 0.243 e. The van der Waals surface area contributed by atoms with Crippen molar-refractivity contribution in [1.82, 2.24) is 4.31 Å². The van der Waals surface area contributed by atoms with Crippen molar-refractivity contribution < 1.29 is 17.9 Å². The highest BCUT2D eigenvalue weighted by Crippen LogP contribution is 2.23. The fourth-order valence-electron chi connectivity index (χ4n) is 4.08. The summed E-state index contributed by atoms with van der Waals surface area (Å²) in [5.74, 6) is 0.0805. The molecule has 1 heterocycles. The molecular weight excluding hydrogens is 470 g/mol. The van der Waals surface area contributed by atoms with Crippen LogP contribution < -0.4 is 0 Å². The highest BCUT2D eigenvalue weighted by molar-refractivity contribution is 7.89. The topological polar surface area (TPSA) is 63.7 Å². The molecule has 1 aliphatic rings. The molecule has 3 aromatic rings. The summed E-state index contributed by atoms with van der Waals surface area (Å²) in [6.45, 7) is 1.20. The van der Waals surface area contributed by atoms with Crippen molar-refractivity contribution in [2.24, 2.45) is 0 Å². The number of rotatable bonds is 10. The number of ketones is 1. The van der Waals surface area contributed by atoms with Crippen LogP contribution in [0, 0.1) is 0 Å². The minimum atomic E-state index is -3.76. The normalized spacial score (nSPS) is 16.1. The molecule has 0 N–H and O–H groups in total. The Balaban J connectivity index is 1.50. The lowest BCUT2D eigenvalue weighted by atomic mass is 10.0. The molecule has 5 nitrogen and oxygen atoms in total. The largest absolute Gasteiger partial charge is 0.378 e. The van der Waals surface area contributed by atoms with Gasteiger partial charge in [0.15, 0.2) is 5.78 Å². The number of Topliss-reactive ketones (excluding diaryl/α,β-unsaturated/α-hetero) is 1. The van der Waals surface area contributed by atoms with Crippen LogP contribution in [0.3, 0.4) is 0 Å². The molecule has 0 bridgehead atoms. The number of carbonyl (C=O) groups excluding carboxylic acids is 1. The Hall–Kier alpha value is -2.51. The Bertz CT molecular complexity index is 1190. The summed E-state index contributed by atoms with van der Waals surface area (Å²) in [5.41, 5.74) is 2.34. The summed E-state index contributed by atoms with van der Waals surface area (Å²) >= 11 is 5.96. The van der Waals surface area contributed by atoms with Crippen molar-refractivity contribution in [1.29, 1.82) is 0 Å². The van der Waals surface area contributed by atoms with Crippen molar-refractivity contribution >= 4 is 27.4 Å². The third kappa shape index (κ3) is 6.33. The van der Waals surface area contributed by atoms with Gasteiger partial charge in [-0.25, -0.2) is 8.42 Å². The maximum atomic E-state index is 13.5. The number of sulfonamides is 1. The molecule has 34 heavy (non-hydrogen) atoms. The Morgan fingerprint density at radius 1 is 0.912 bits per heavy atom. The first-order chi connectivity index (χ1) is 16.4. The SMILES string of the molecule is O=C(CC[C@@H]1CCCO1)c1ccc(CN(Cc2ccccc2)S(=O)(=O)c2ccc(Cl)cc2)cc1. The van der Waals surface area contributed by atoms with E-state index in [2.05, 4.69) is 0 Å². The predicted octanol–water partition coefficient (Wildman–Crippen LogP) is 5.87. The third-order valence-electron chi connectivity index (χ3n) is 6.01. The van der Waals surface area contributed by atoms with E-state index in [1.54, 1.807) is 24.3 Å². The molecule has 0 saturated carbocycles. The predicted molar refractivity (Wildman–Crippen MR) is 133 cm³/mol. The van der Waals surface area contributed by atoms with Crippen LogP contribution in [-0.2, 0) is 27.8 Å². The molecule has 0 aliphatic carbocycles. The van der Waals surface area contributed by atoms with E-state index >= 15 is 0 Å². The molecule has 7 heteroatoms. The second-order valence-corrected chi connectivity index (χ2v) is 10.9. The zero-order valence-electron chi connectivity index (χ0n) is 18.9. The van der Waals surface area contributed by atoms with Crippen LogP contribution in [0.15, 0.2) is 83.8 Å². The minimum absolute atomic E-state index is 0.0805. The van der Waals surface area contributed by atoms with E-state index in [-0.39, 0.29) is 29.9 Å². The van der Waals surface area contributed by atoms with Crippen molar-refractivity contribution in [3.8, 4) is 0 Å². The van der Waals surface area contributed by atoms with Gasteiger partial charge in [-0.15, -0.1) is 0 Å². The summed E-state index contributed by atoms with van der Waals surface area (Å²) in [6, 6.07) is 22.9. The van der Waals surface area contributed by atoms with Crippen LogP contribution in [0.5, 0.6) is 0 Å². The number of nitrogens with zero attached hydrogens (tertiary/aromatic N) is 1. The Labute approximate surface area is 206 Å². The molecule has 1 aliphatic heterocycles. The van der Waals surface area contributed by atoms with Gasteiger partial charge in [-0.05, 0) is 54.7 Å². The fraction of sp³-hybridized carbons (Fsp3) is 0.296. The lowest BCUT2D eigenvalue weighted by Crippen LogP contribution is -2.30.